The van der Waals surface area contributed by atoms with Crippen molar-refractivity contribution in [2.24, 2.45) is 0 Å². The van der Waals surface area contributed by atoms with E-state index in [0.717, 1.165) is 16.7 Å². The molecule has 3 aromatic carbocycles. The number of fused-ring (bicyclic) bond motifs is 1. The van der Waals surface area contributed by atoms with E-state index in [0.29, 0.717) is 44.8 Å². The molecule has 5 rings (SSSR count). The summed E-state index contributed by atoms with van der Waals surface area (Å²) in [7, 11) is 5.98. The topological polar surface area (TPSA) is 107 Å². The van der Waals surface area contributed by atoms with Gasteiger partial charge in [0, 0.05) is 5.56 Å². The Morgan fingerprint density at radius 2 is 1.60 bits per heavy atom. The van der Waals surface area contributed by atoms with Crippen LogP contribution in [0.3, 0.4) is 0 Å². The molecule has 1 aliphatic rings. The molecule has 0 bridgehead atoms. The Bertz CT molecular complexity index is 1620. The van der Waals surface area contributed by atoms with Crippen molar-refractivity contribution in [1.82, 2.24) is 4.98 Å². The van der Waals surface area contributed by atoms with Crippen molar-refractivity contribution in [3.05, 3.63) is 76.9 Å². The number of nitrogens with zero attached hydrogens (tertiary/aromatic N) is 2. The molecule has 4 aromatic rings. The summed E-state index contributed by atoms with van der Waals surface area (Å²) in [6.07, 6.45) is 0.848. The largest absolute Gasteiger partial charge is 0.507 e. The van der Waals surface area contributed by atoms with E-state index in [9.17, 15) is 14.7 Å². The maximum atomic E-state index is 13.7. The minimum atomic E-state index is -1.03. The van der Waals surface area contributed by atoms with Gasteiger partial charge in [0.25, 0.3) is 5.78 Å². The number of ether oxygens (including phenoxy) is 4. The third-order valence-electron chi connectivity index (χ3n) is 6.87. The van der Waals surface area contributed by atoms with E-state index >= 15 is 0 Å². The maximum Gasteiger partial charge on any atom is 0.301 e. The fraction of sp³-hybridized carbons (Fsp3) is 0.233. The average Bonchev–Trinajstić information content (AvgIpc) is 3.53. The number of methoxy groups -OCH3 is 4. The fourth-order valence-electron chi connectivity index (χ4n) is 4.79. The van der Waals surface area contributed by atoms with Gasteiger partial charge in [-0.1, -0.05) is 24.3 Å². The van der Waals surface area contributed by atoms with Crippen molar-refractivity contribution in [1.29, 1.82) is 0 Å². The molecule has 0 aliphatic carbocycles. The second-order valence-electron chi connectivity index (χ2n) is 9.01. The van der Waals surface area contributed by atoms with Gasteiger partial charge in [-0.15, -0.1) is 0 Å². The number of aryl methyl sites for hydroxylation is 1. The van der Waals surface area contributed by atoms with Crippen LogP contribution in [0.2, 0.25) is 0 Å². The van der Waals surface area contributed by atoms with Crippen LogP contribution in [0.15, 0.2) is 60.2 Å². The van der Waals surface area contributed by atoms with Crippen LogP contribution in [0, 0.1) is 0 Å². The number of carbonyl (C=O) groups excluding carboxylic acids is 2. The minimum absolute atomic E-state index is 0.0852. The lowest BCUT2D eigenvalue weighted by atomic mass is 9.94. The standard InChI is InChI=1S/C30H28N2O7S/c1-6-16-7-12-20-23(13-16)40-30(31-20)32-25(18-14-21(37-3)28(39-5)22(15-18)38-4)24(27(34)29(32)35)26(33)17-8-10-19(36-2)11-9-17/h7-15,25,33H,6H2,1-5H3. The number of carbonyl (C=O) groups is 2. The highest BCUT2D eigenvalue weighted by atomic mass is 32.1. The van der Waals surface area contributed by atoms with E-state index in [2.05, 4.69) is 6.92 Å². The zero-order valence-corrected chi connectivity index (χ0v) is 23.5. The highest BCUT2D eigenvalue weighted by Crippen LogP contribution is 2.48. The molecule has 9 nitrogen and oxygen atoms in total. The Kier molecular flexibility index (Phi) is 7.36. The molecule has 0 spiro atoms. The molecule has 2 heterocycles. The molecule has 1 aliphatic heterocycles. The summed E-state index contributed by atoms with van der Waals surface area (Å²) in [5.74, 6) is -0.347. The number of ketones is 1. The van der Waals surface area contributed by atoms with Crippen LogP contribution < -0.4 is 23.8 Å². The number of benzene rings is 3. The third-order valence-corrected chi connectivity index (χ3v) is 7.88. The molecule has 1 atom stereocenters. The number of aliphatic hydroxyl groups excluding tert-OH is 1. The predicted molar refractivity (Wildman–Crippen MR) is 153 cm³/mol. The summed E-state index contributed by atoms with van der Waals surface area (Å²) in [4.78, 5) is 33.3. The molecule has 1 N–H and O–H groups in total. The lowest BCUT2D eigenvalue weighted by Crippen LogP contribution is -2.29. The van der Waals surface area contributed by atoms with Gasteiger partial charge in [0.05, 0.1) is 50.3 Å². The van der Waals surface area contributed by atoms with Gasteiger partial charge in [0.2, 0.25) is 5.75 Å². The number of aromatic nitrogens is 1. The van der Waals surface area contributed by atoms with Crippen LogP contribution >= 0.6 is 11.3 Å². The number of rotatable bonds is 8. The summed E-state index contributed by atoms with van der Waals surface area (Å²) in [6, 6.07) is 14.8. The summed E-state index contributed by atoms with van der Waals surface area (Å²) >= 11 is 1.30. The molecular formula is C30H28N2O7S. The monoisotopic (exact) mass is 560 g/mol. The first kappa shape index (κ1) is 27.0. The lowest BCUT2D eigenvalue weighted by molar-refractivity contribution is -0.132. The Morgan fingerprint density at radius 1 is 0.925 bits per heavy atom. The highest BCUT2D eigenvalue weighted by Gasteiger charge is 2.48. The molecule has 1 amide bonds. The molecule has 40 heavy (non-hydrogen) atoms. The summed E-state index contributed by atoms with van der Waals surface area (Å²) in [5.41, 5.74) is 2.58. The van der Waals surface area contributed by atoms with Crippen LogP contribution in [0.25, 0.3) is 16.0 Å². The van der Waals surface area contributed by atoms with Crippen molar-refractivity contribution in [2.45, 2.75) is 19.4 Å². The van der Waals surface area contributed by atoms with Crippen molar-refractivity contribution >= 4 is 44.1 Å². The molecule has 1 unspecified atom stereocenters. The number of hydrogen-bond donors (Lipinski definition) is 1. The smallest absolute Gasteiger partial charge is 0.301 e. The Balaban J connectivity index is 1.76. The van der Waals surface area contributed by atoms with Gasteiger partial charge in [-0.3, -0.25) is 14.5 Å². The van der Waals surface area contributed by atoms with E-state index < -0.39 is 17.7 Å². The van der Waals surface area contributed by atoms with Gasteiger partial charge in [-0.2, -0.15) is 0 Å². The molecule has 1 aromatic heterocycles. The second kappa shape index (κ2) is 10.9. The van der Waals surface area contributed by atoms with E-state index in [1.807, 2.05) is 18.2 Å². The zero-order chi connectivity index (χ0) is 28.6. The van der Waals surface area contributed by atoms with E-state index in [4.69, 9.17) is 23.9 Å². The van der Waals surface area contributed by atoms with Crippen LogP contribution in [0.1, 0.15) is 29.7 Å². The normalized spacial score (nSPS) is 16.4. The quantitative estimate of drug-likeness (QED) is 0.171. The Labute approximate surface area is 235 Å². The summed E-state index contributed by atoms with van der Waals surface area (Å²) in [5, 5.41) is 11.8. The van der Waals surface area contributed by atoms with Crippen LogP contribution in [0.5, 0.6) is 23.0 Å². The predicted octanol–water partition coefficient (Wildman–Crippen LogP) is 5.52. The molecule has 206 valence electrons. The SMILES string of the molecule is CCc1ccc2nc(N3C(=O)C(=O)C(=C(O)c4ccc(OC)cc4)C3c3cc(OC)c(OC)c(OC)c3)sc2c1. The first-order valence-corrected chi connectivity index (χ1v) is 13.3. The first-order chi connectivity index (χ1) is 19.3. The van der Waals surface area contributed by atoms with Crippen LogP contribution in [0.4, 0.5) is 5.13 Å². The Hall–Kier alpha value is -4.57. The summed E-state index contributed by atoms with van der Waals surface area (Å²) < 4.78 is 22.7. The lowest BCUT2D eigenvalue weighted by Gasteiger charge is -2.24. The second-order valence-corrected chi connectivity index (χ2v) is 10.0. The number of thiazole rings is 1. The number of amides is 1. The minimum Gasteiger partial charge on any atom is -0.507 e. The van der Waals surface area contributed by atoms with E-state index in [1.165, 1.54) is 44.7 Å². The van der Waals surface area contributed by atoms with Crippen molar-refractivity contribution in [3.8, 4) is 23.0 Å². The van der Waals surface area contributed by atoms with Crippen LogP contribution in [-0.2, 0) is 16.0 Å². The fourth-order valence-corrected chi connectivity index (χ4v) is 5.84. The maximum absolute atomic E-state index is 13.7. The average molecular weight is 561 g/mol. The zero-order valence-electron chi connectivity index (χ0n) is 22.7. The number of Topliss-reactive ketones (excluding diaryl/α,β-unsaturated/α-hetero) is 1. The number of hydrogen-bond acceptors (Lipinski definition) is 9. The first-order valence-electron chi connectivity index (χ1n) is 12.5. The molecule has 1 fully saturated rings. The van der Waals surface area contributed by atoms with Crippen molar-refractivity contribution in [3.63, 3.8) is 0 Å². The third kappa shape index (κ3) is 4.50. The molecule has 10 heteroatoms. The molecule has 1 saturated heterocycles. The van der Waals surface area contributed by atoms with Gasteiger partial charge in [0.15, 0.2) is 16.6 Å². The summed E-state index contributed by atoms with van der Waals surface area (Å²) in [6.45, 7) is 2.06. The van der Waals surface area contributed by atoms with Gasteiger partial charge < -0.3 is 24.1 Å². The molecule has 0 saturated carbocycles. The van der Waals surface area contributed by atoms with Gasteiger partial charge in [-0.25, -0.2) is 4.98 Å². The van der Waals surface area contributed by atoms with E-state index in [-0.39, 0.29) is 11.3 Å². The number of aliphatic hydroxyl groups is 1. The van der Waals surface area contributed by atoms with Crippen molar-refractivity contribution in [2.75, 3.05) is 33.3 Å². The van der Waals surface area contributed by atoms with E-state index in [1.54, 1.807) is 36.4 Å². The van der Waals surface area contributed by atoms with Crippen molar-refractivity contribution < 1.29 is 33.6 Å². The molecular weight excluding hydrogens is 532 g/mol. The highest BCUT2D eigenvalue weighted by molar-refractivity contribution is 7.22. The van der Waals surface area contributed by atoms with Crippen LogP contribution in [-0.4, -0.2) is 50.2 Å². The number of anilines is 1. The van der Waals surface area contributed by atoms with Gasteiger partial charge in [-0.05, 0) is 66.1 Å². The van der Waals surface area contributed by atoms with Gasteiger partial charge >= 0.3 is 5.91 Å². The molecule has 0 radical (unpaired) electrons. The Morgan fingerprint density at radius 3 is 2.17 bits per heavy atom. The van der Waals surface area contributed by atoms with Gasteiger partial charge in [0.1, 0.15) is 11.5 Å².